The minimum Gasteiger partial charge on any atom is -0.508 e. The van der Waals surface area contributed by atoms with Crippen LogP contribution in [0.3, 0.4) is 0 Å². The normalized spacial score (nSPS) is 10.9. The van der Waals surface area contributed by atoms with Crippen molar-refractivity contribution in [2.45, 2.75) is 11.8 Å². The van der Waals surface area contributed by atoms with Crippen LogP contribution in [-0.4, -0.2) is 19.6 Å². The molecule has 144 valence electrons. The number of urea groups is 1. The van der Waals surface area contributed by atoms with Gasteiger partial charge in [0.15, 0.2) is 0 Å². The molecule has 0 spiro atoms. The zero-order chi connectivity index (χ0) is 20.1. The second-order valence-corrected chi connectivity index (χ2v) is 7.55. The lowest BCUT2D eigenvalue weighted by atomic mass is 10.2. The van der Waals surface area contributed by atoms with Crippen molar-refractivity contribution in [3.8, 4) is 11.5 Å². The number of amides is 2. The Balaban J connectivity index is 1.63. The smallest absolute Gasteiger partial charge is 0.339 e. The van der Waals surface area contributed by atoms with Crippen LogP contribution in [-0.2, 0) is 10.1 Å². The van der Waals surface area contributed by atoms with Crippen molar-refractivity contribution >= 4 is 27.5 Å². The summed E-state index contributed by atoms with van der Waals surface area (Å²) in [6.07, 6.45) is 0. The highest BCUT2D eigenvalue weighted by Crippen LogP contribution is 2.22. The summed E-state index contributed by atoms with van der Waals surface area (Å²) in [5.74, 6) is 0.230. The van der Waals surface area contributed by atoms with Crippen LogP contribution in [0.15, 0.2) is 77.7 Å². The van der Waals surface area contributed by atoms with Gasteiger partial charge >= 0.3 is 16.1 Å². The number of nitrogens with one attached hydrogen (secondary N) is 2. The third kappa shape index (κ3) is 5.01. The molecule has 0 aliphatic heterocycles. The van der Waals surface area contributed by atoms with Crippen LogP contribution in [0.1, 0.15) is 5.56 Å². The number of benzene rings is 3. The van der Waals surface area contributed by atoms with E-state index in [9.17, 15) is 18.3 Å². The maximum atomic E-state index is 12.3. The van der Waals surface area contributed by atoms with Gasteiger partial charge in [0.05, 0.1) is 0 Å². The van der Waals surface area contributed by atoms with Crippen LogP contribution in [0.25, 0.3) is 0 Å². The maximum Gasteiger partial charge on any atom is 0.339 e. The fourth-order valence-electron chi connectivity index (χ4n) is 2.38. The molecule has 8 heteroatoms. The Morgan fingerprint density at radius 3 is 2.04 bits per heavy atom. The Morgan fingerprint density at radius 2 is 1.46 bits per heavy atom. The Hall–Kier alpha value is -3.52. The molecule has 0 bridgehead atoms. The Kier molecular flexibility index (Phi) is 5.51. The van der Waals surface area contributed by atoms with E-state index >= 15 is 0 Å². The number of rotatable bonds is 5. The van der Waals surface area contributed by atoms with Crippen LogP contribution in [0, 0.1) is 6.92 Å². The van der Waals surface area contributed by atoms with Crippen LogP contribution in [0.2, 0.25) is 0 Å². The second kappa shape index (κ2) is 8.01. The summed E-state index contributed by atoms with van der Waals surface area (Å²) in [6, 6.07) is 17.9. The van der Waals surface area contributed by atoms with Gasteiger partial charge < -0.3 is 19.9 Å². The molecular formula is C20H18N2O5S. The van der Waals surface area contributed by atoms with Gasteiger partial charge in [0.1, 0.15) is 16.4 Å². The van der Waals surface area contributed by atoms with Gasteiger partial charge in [-0.3, -0.25) is 0 Å². The van der Waals surface area contributed by atoms with Crippen molar-refractivity contribution in [3.05, 3.63) is 78.4 Å². The van der Waals surface area contributed by atoms with Crippen molar-refractivity contribution in [3.63, 3.8) is 0 Å². The van der Waals surface area contributed by atoms with Gasteiger partial charge in [0, 0.05) is 11.4 Å². The summed E-state index contributed by atoms with van der Waals surface area (Å²) in [4.78, 5) is 12.1. The molecule has 3 rings (SSSR count). The van der Waals surface area contributed by atoms with Crippen molar-refractivity contribution in [1.29, 1.82) is 0 Å². The fraction of sp³-hybridized carbons (Fsp3) is 0.0500. The quantitative estimate of drug-likeness (QED) is 0.443. The van der Waals surface area contributed by atoms with Gasteiger partial charge in [-0.1, -0.05) is 12.1 Å². The molecule has 0 fully saturated rings. The molecule has 0 atom stereocenters. The van der Waals surface area contributed by atoms with Crippen LogP contribution >= 0.6 is 0 Å². The van der Waals surface area contributed by atoms with Crippen molar-refractivity contribution in [1.82, 2.24) is 0 Å². The number of aryl methyl sites for hydroxylation is 1. The molecule has 0 heterocycles. The fourth-order valence-corrected chi connectivity index (χ4v) is 3.41. The zero-order valence-corrected chi connectivity index (χ0v) is 15.7. The van der Waals surface area contributed by atoms with Crippen LogP contribution < -0.4 is 14.8 Å². The highest BCUT2D eigenvalue weighted by molar-refractivity contribution is 7.87. The summed E-state index contributed by atoms with van der Waals surface area (Å²) >= 11 is 0. The number of phenols is 1. The van der Waals surface area contributed by atoms with E-state index in [1.807, 2.05) is 0 Å². The average Bonchev–Trinajstić information content (AvgIpc) is 2.65. The maximum absolute atomic E-state index is 12.3. The lowest BCUT2D eigenvalue weighted by Crippen LogP contribution is -2.19. The number of hydrogen-bond donors (Lipinski definition) is 3. The van der Waals surface area contributed by atoms with Crippen molar-refractivity contribution in [2.24, 2.45) is 0 Å². The van der Waals surface area contributed by atoms with E-state index in [0.29, 0.717) is 11.4 Å². The first-order valence-corrected chi connectivity index (χ1v) is 9.71. The van der Waals surface area contributed by atoms with E-state index in [4.69, 9.17) is 4.18 Å². The molecule has 7 nitrogen and oxygen atoms in total. The zero-order valence-electron chi connectivity index (χ0n) is 14.9. The van der Waals surface area contributed by atoms with Gasteiger partial charge in [0.25, 0.3) is 0 Å². The number of anilines is 2. The molecule has 3 N–H and O–H groups in total. The molecule has 0 saturated heterocycles. The minimum atomic E-state index is -3.94. The van der Waals surface area contributed by atoms with Gasteiger partial charge in [-0.15, -0.1) is 0 Å². The molecule has 0 aliphatic carbocycles. The molecular weight excluding hydrogens is 380 g/mol. The molecule has 0 saturated carbocycles. The second-order valence-electron chi connectivity index (χ2n) is 6.00. The number of carbonyl (C=O) groups excluding carboxylic acids is 1. The van der Waals surface area contributed by atoms with E-state index in [1.165, 1.54) is 48.5 Å². The first-order chi connectivity index (χ1) is 13.3. The van der Waals surface area contributed by atoms with Crippen LogP contribution in [0.4, 0.5) is 16.2 Å². The first kappa shape index (κ1) is 19.2. The standard InChI is InChI=1S/C20H18N2O5S/c1-14-3-2-4-19(13-14)28(25,26)27-18-11-7-16(8-12-18)22-20(24)21-15-5-9-17(23)10-6-15/h2-13,23H,1H3,(H2,21,22,24). The summed E-state index contributed by atoms with van der Waals surface area (Å²) in [5, 5.41) is 14.5. The summed E-state index contributed by atoms with van der Waals surface area (Å²) < 4.78 is 29.8. The number of carbonyl (C=O) groups is 1. The Morgan fingerprint density at radius 1 is 0.893 bits per heavy atom. The van der Waals surface area contributed by atoms with Crippen LogP contribution in [0.5, 0.6) is 11.5 Å². The lowest BCUT2D eigenvalue weighted by Gasteiger charge is -2.10. The SMILES string of the molecule is Cc1cccc(S(=O)(=O)Oc2ccc(NC(=O)Nc3ccc(O)cc3)cc2)c1. The molecule has 0 unspecified atom stereocenters. The highest BCUT2D eigenvalue weighted by Gasteiger charge is 2.16. The number of hydrogen-bond acceptors (Lipinski definition) is 5. The summed E-state index contributed by atoms with van der Waals surface area (Å²) in [5.41, 5.74) is 1.78. The molecule has 3 aromatic rings. The molecule has 2 amide bonds. The highest BCUT2D eigenvalue weighted by atomic mass is 32.2. The van der Waals surface area contributed by atoms with E-state index in [2.05, 4.69) is 10.6 Å². The van der Waals surface area contributed by atoms with E-state index in [-0.39, 0.29) is 16.4 Å². The summed E-state index contributed by atoms with van der Waals surface area (Å²) in [7, 11) is -3.94. The van der Waals surface area contributed by atoms with Crippen molar-refractivity contribution in [2.75, 3.05) is 10.6 Å². The molecule has 0 aliphatic rings. The van der Waals surface area contributed by atoms with Gasteiger partial charge in [-0.2, -0.15) is 8.42 Å². The lowest BCUT2D eigenvalue weighted by molar-refractivity contribution is 0.262. The molecule has 0 radical (unpaired) electrons. The van der Waals surface area contributed by atoms with E-state index in [0.717, 1.165) is 5.56 Å². The third-order valence-electron chi connectivity index (χ3n) is 3.72. The summed E-state index contributed by atoms with van der Waals surface area (Å²) in [6.45, 7) is 1.79. The predicted molar refractivity (Wildman–Crippen MR) is 106 cm³/mol. The number of phenolic OH excluding ortho intramolecular Hbond substituents is 1. The minimum absolute atomic E-state index is 0.0722. The largest absolute Gasteiger partial charge is 0.508 e. The molecule has 0 aromatic heterocycles. The topological polar surface area (TPSA) is 105 Å². The molecule has 3 aromatic carbocycles. The Bertz CT molecular complexity index is 1080. The third-order valence-corrected chi connectivity index (χ3v) is 4.96. The van der Waals surface area contributed by atoms with Gasteiger partial charge in [0.2, 0.25) is 0 Å². The number of aromatic hydroxyl groups is 1. The van der Waals surface area contributed by atoms with E-state index < -0.39 is 16.1 Å². The van der Waals surface area contributed by atoms with E-state index in [1.54, 1.807) is 31.2 Å². The monoisotopic (exact) mass is 398 g/mol. The predicted octanol–water partition coefficient (Wildman–Crippen LogP) is 4.11. The first-order valence-electron chi connectivity index (χ1n) is 8.30. The average molecular weight is 398 g/mol. The van der Waals surface area contributed by atoms with Gasteiger partial charge in [-0.05, 0) is 73.2 Å². The Labute approximate surface area is 162 Å². The molecule has 28 heavy (non-hydrogen) atoms. The van der Waals surface area contributed by atoms with Crippen molar-refractivity contribution < 1.29 is 22.5 Å². The van der Waals surface area contributed by atoms with Gasteiger partial charge in [-0.25, -0.2) is 4.79 Å².